The number of nitrogens with one attached hydrogen (secondary N) is 1. The molecule has 1 amide bonds. The largest absolute Gasteiger partial charge is 0.496 e. The van der Waals surface area contributed by atoms with E-state index in [9.17, 15) is 14.9 Å². The molecule has 2 rings (SSSR count). The highest BCUT2D eigenvalue weighted by Gasteiger charge is 2.21. The van der Waals surface area contributed by atoms with E-state index in [-0.39, 0.29) is 22.3 Å². The highest BCUT2D eigenvalue weighted by molar-refractivity contribution is 6.33. The Labute approximate surface area is 169 Å². The molecule has 1 unspecified atom stereocenters. The molecule has 0 saturated heterocycles. The van der Waals surface area contributed by atoms with Crippen LogP contribution >= 0.6 is 11.6 Å². The first-order chi connectivity index (χ1) is 13.1. The van der Waals surface area contributed by atoms with Crippen molar-refractivity contribution in [2.75, 3.05) is 19.5 Å². The Morgan fingerprint density at radius 3 is 2.43 bits per heavy atom. The van der Waals surface area contributed by atoms with Gasteiger partial charge in [-0.1, -0.05) is 23.7 Å². The molecule has 0 radical (unpaired) electrons. The highest BCUT2D eigenvalue weighted by atomic mass is 35.5. The van der Waals surface area contributed by atoms with Crippen molar-refractivity contribution in [1.29, 1.82) is 0 Å². The van der Waals surface area contributed by atoms with Gasteiger partial charge in [0.15, 0.2) is 0 Å². The van der Waals surface area contributed by atoms with Gasteiger partial charge in [0.2, 0.25) is 5.91 Å². The summed E-state index contributed by atoms with van der Waals surface area (Å²) in [5.74, 6) is 0.560. The molecule has 0 saturated carbocycles. The molecule has 2 aromatic rings. The van der Waals surface area contributed by atoms with Crippen molar-refractivity contribution in [3.05, 3.63) is 62.2 Å². The van der Waals surface area contributed by atoms with E-state index in [1.165, 1.54) is 18.2 Å². The third-order valence-electron chi connectivity index (χ3n) is 4.62. The number of ether oxygens (including phenoxy) is 1. The van der Waals surface area contributed by atoms with E-state index in [4.69, 9.17) is 16.3 Å². The zero-order chi connectivity index (χ0) is 21.0. The molecule has 150 valence electrons. The van der Waals surface area contributed by atoms with E-state index in [1.807, 2.05) is 37.9 Å². The van der Waals surface area contributed by atoms with Crippen LogP contribution in [0.5, 0.6) is 5.75 Å². The second-order valence-electron chi connectivity index (χ2n) is 6.76. The summed E-state index contributed by atoms with van der Waals surface area (Å²) in [7, 11) is 3.49. The number of aryl methyl sites for hydroxylation is 2. The first-order valence-corrected chi connectivity index (χ1v) is 9.11. The van der Waals surface area contributed by atoms with Crippen LogP contribution in [0.2, 0.25) is 5.02 Å². The fraction of sp³-hybridized carbons (Fsp3) is 0.350. The molecule has 28 heavy (non-hydrogen) atoms. The van der Waals surface area contributed by atoms with Crippen LogP contribution in [0.4, 0.5) is 11.4 Å². The predicted octanol–water partition coefficient (Wildman–Crippen LogP) is 4.33. The Morgan fingerprint density at radius 1 is 1.29 bits per heavy atom. The Kier molecular flexibility index (Phi) is 6.99. The standard InChI is InChI=1S/C20H24ClN3O4/c1-12-8-15(9-13(2)19(12)28-5)11-23(4)14(3)20(25)22-18-10-16(24(26)27)6-7-17(18)21/h6-10,14H,11H2,1-5H3,(H,22,25). The molecule has 8 heteroatoms. The number of nitro benzene ring substituents is 1. The van der Waals surface area contributed by atoms with Crippen molar-refractivity contribution >= 4 is 28.9 Å². The van der Waals surface area contributed by atoms with E-state index >= 15 is 0 Å². The summed E-state index contributed by atoms with van der Waals surface area (Å²) >= 11 is 6.06. The lowest BCUT2D eigenvalue weighted by atomic mass is 10.0. The van der Waals surface area contributed by atoms with Crippen LogP contribution < -0.4 is 10.1 Å². The summed E-state index contributed by atoms with van der Waals surface area (Å²) in [5.41, 5.74) is 3.21. The quantitative estimate of drug-likeness (QED) is 0.547. The number of nitrogens with zero attached hydrogens (tertiary/aromatic N) is 2. The zero-order valence-corrected chi connectivity index (χ0v) is 17.3. The number of amides is 1. The monoisotopic (exact) mass is 405 g/mol. The lowest BCUT2D eigenvalue weighted by molar-refractivity contribution is -0.384. The van der Waals surface area contributed by atoms with E-state index in [1.54, 1.807) is 14.0 Å². The van der Waals surface area contributed by atoms with Crippen LogP contribution in [-0.2, 0) is 11.3 Å². The van der Waals surface area contributed by atoms with E-state index in [0.29, 0.717) is 6.54 Å². The van der Waals surface area contributed by atoms with Crippen LogP contribution in [-0.4, -0.2) is 35.9 Å². The second-order valence-corrected chi connectivity index (χ2v) is 7.17. The summed E-state index contributed by atoms with van der Waals surface area (Å²) in [5, 5.41) is 13.9. The number of halogens is 1. The Balaban J connectivity index is 2.11. The number of hydrogen-bond donors (Lipinski definition) is 1. The molecular formula is C20H24ClN3O4. The highest BCUT2D eigenvalue weighted by Crippen LogP contribution is 2.27. The van der Waals surface area contributed by atoms with Crippen molar-refractivity contribution in [2.45, 2.75) is 33.4 Å². The van der Waals surface area contributed by atoms with Gasteiger partial charge in [-0.3, -0.25) is 19.8 Å². The second kappa shape index (κ2) is 9.03. The molecular weight excluding hydrogens is 382 g/mol. The van der Waals surface area contributed by atoms with Gasteiger partial charge >= 0.3 is 0 Å². The van der Waals surface area contributed by atoms with Gasteiger partial charge in [-0.2, -0.15) is 0 Å². The molecule has 0 fully saturated rings. The molecule has 0 heterocycles. The average molecular weight is 406 g/mol. The van der Waals surface area contributed by atoms with Gasteiger partial charge in [-0.25, -0.2) is 0 Å². The number of methoxy groups -OCH3 is 1. The van der Waals surface area contributed by atoms with Gasteiger partial charge < -0.3 is 10.1 Å². The number of hydrogen-bond acceptors (Lipinski definition) is 5. The van der Waals surface area contributed by atoms with Crippen LogP contribution in [0.3, 0.4) is 0 Å². The number of non-ortho nitro benzene ring substituents is 1. The number of rotatable bonds is 7. The number of nitro groups is 1. The van der Waals surface area contributed by atoms with Gasteiger partial charge in [0.1, 0.15) is 5.75 Å². The minimum atomic E-state index is -0.532. The van der Waals surface area contributed by atoms with E-state index in [0.717, 1.165) is 22.4 Å². The number of carbonyl (C=O) groups is 1. The van der Waals surface area contributed by atoms with Crippen LogP contribution in [0.25, 0.3) is 0 Å². The molecule has 0 aromatic heterocycles. The summed E-state index contributed by atoms with van der Waals surface area (Å²) in [6.45, 7) is 6.29. The van der Waals surface area contributed by atoms with Gasteiger partial charge in [0.25, 0.3) is 5.69 Å². The molecule has 0 aliphatic rings. The smallest absolute Gasteiger partial charge is 0.271 e. The fourth-order valence-corrected chi connectivity index (χ4v) is 3.20. The maximum absolute atomic E-state index is 12.6. The van der Waals surface area contributed by atoms with Gasteiger partial charge in [0.05, 0.1) is 28.8 Å². The summed E-state index contributed by atoms with van der Waals surface area (Å²) in [6.07, 6.45) is 0. The normalized spacial score (nSPS) is 12.0. The minimum Gasteiger partial charge on any atom is -0.496 e. The number of likely N-dealkylation sites (N-methyl/N-ethyl adjacent to an activating group) is 1. The molecule has 1 atom stereocenters. The number of carbonyl (C=O) groups excluding carboxylic acids is 1. The molecule has 0 spiro atoms. The SMILES string of the molecule is COc1c(C)cc(CN(C)C(C)C(=O)Nc2cc([N+](=O)[O-])ccc2Cl)cc1C. The van der Waals surface area contributed by atoms with Crippen LogP contribution in [0.1, 0.15) is 23.6 Å². The predicted molar refractivity (Wildman–Crippen MR) is 110 cm³/mol. The van der Waals surface area contributed by atoms with Crippen LogP contribution in [0, 0.1) is 24.0 Å². The zero-order valence-electron chi connectivity index (χ0n) is 16.6. The van der Waals surface area contributed by atoms with Crippen molar-refractivity contribution in [3.8, 4) is 5.75 Å². The van der Waals surface area contributed by atoms with Crippen LogP contribution in [0.15, 0.2) is 30.3 Å². The first kappa shape index (κ1) is 21.7. The Hall–Kier alpha value is -2.64. The first-order valence-electron chi connectivity index (χ1n) is 8.73. The van der Waals surface area contributed by atoms with Crippen molar-refractivity contribution in [3.63, 3.8) is 0 Å². The van der Waals surface area contributed by atoms with Crippen molar-refractivity contribution in [2.24, 2.45) is 0 Å². The average Bonchev–Trinajstić information content (AvgIpc) is 2.62. The van der Waals surface area contributed by atoms with Crippen molar-refractivity contribution < 1.29 is 14.5 Å². The van der Waals surface area contributed by atoms with Gasteiger partial charge in [-0.05, 0) is 50.6 Å². The third-order valence-corrected chi connectivity index (χ3v) is 4.95. The molecule has 0 aliphatic heterocycles. The topological polar surface area (TPSA) is 84.7 Å². The third kappa shape index (κ3) is 4.99. The molecule has 1 N–H and O–H groups in total. The van der Waals surface area contributed by atoms with Gasteiger partial charge in [-0.15, -0.1) is 0 Å². The van der Waals surface area contributed by atoms with Crippen molar-refractivity contribution in [1.82, 2.24) is 4.90 Å². The minimum absolute atomic E-state index is 0.134. The van der Waals surface area contributed by atoms with E-state index in [2.05, 4.69) is 5.32 Å². The lowest BCUT2D eigenvalue weighted by Gasteiger charge is -2.24. The molecule has 2 aromatic carbocycles. The number of anilines is 1. The molecule has 7 nitrogen and oxygen atoms in total. The maximum atomic E-state index is 12.6. The molecule has 0 bridgehead atoms. The van der Waals surface area contributed by atoms with Gasteiger partial charge in [0, 0.05) is 18.7 Å². The Morgan fingerprint density at radius 2 is 1.89 bits per heavy atom. The summed E-state index contributed by atoms with van der Waals surface area (Å²) < 4.78 is 5.39. The summed E-state index contributed by atoms with van der Waals surface area (Å²) in [4.78, 5) is 24.9. The lowest BCUT2D eigenvalue weighted by Crippen LogP contribution is -2.39. The number of benzene rings is 2. The fourth-order valence-electron chi connectivity index (χ4n) is 3.04. The molecule has 0 aliphatic carbocycles. The Bertz CT molecular complexity index is 878. The maximum Gasteiger partial charge on any atom is 0.271 e. The van der Waals surface area contributed by atoms with E-state index < -0.39 is 11.0 Å². The summed E-state index contributed by atoms with van der Waals surface area (Å²) in [6, 6.07) is 7.53.